The van der Waals surface area contributed by atoms with Gasteiger partial charge in [0, 0.05) is 18.8 Å². The first-order chi connectivity index (χ1) is 6.13. The molecule has 0 heterocycles. The van der Waals surface area contributed by atoms with Gasteiger partial charge >= 0.3 is 0 Å². The van der Waals surface area contributed by atoms with Gasteiger partial charge in [-0.1, -0.05) is 6.07 Å². The van der Waals surface area contributed by atoms with Gasteiger partial charge in [0.25, 0.3) is 0 Å². The third kappa shape index (κ3) is 2.74. The normalized spacial score (nSPS) is 12.6. The van der Waals surface area contributed by atoms with Crippen molar-refractivity contribution in [3.63, 3.8) is 0 Å². The van der Waals surface area contributed by atoms with Crippen LogP contribution in [-0.4, -0.2) is 13.1 Å². The molecule has 72 valence electrons. The van der Waals surface area contributed by atoms with Crippen molar-refractivity contribution in [2.75, 3.05) is 12.4 Å². The molecule has 0 aliphatic heterocycles. The van der Waals surface area contributed by atoms with Gasteiger partial charge in [-0.25, -0.2) is 0 Å². The Hall–Kier alpha value is -1.02. The molecule has 3 N–H and O–H groups in total. The minimum Gasteiger partial charge on any atom is -0.388 e. The zero-order valence-corrected chi connectivity index (χ0v) is 8.59. The van der Waals surface area contributed by atoms with Crippen LogP contribution in [0.5, 0.6) is 0 Å². The summed E-state index contributed by atoms with van der Waals surface area (Å²) >= 11 is 0. The molecule has 2 heteroatoms. The number of hydrogen-bond acceptors (Lipinski definition) is 2. The van der Waals surface area contributed by atoms with E-state index >= 15 is 0 Å². The van der Waals surface area contributed by atoms with Gasteiger partial charge in [0.05, 0.1) is 0 Å². The second kappa shape index (κ2) is 4.28. The number of rotatable bonds is 3. The number of benzene rings is 1. The lowest BCUT2D eigenvalue weighted by molar-refractivity contribution is 0.735. The third-order valence-electron chi connectivity index (χ3n) is 2.17. The molecule has 13 heavy (non-hydrogen) atoms. The lowest BCUT2D eigenvalue weighted by Gasteiger charge is -2.10. The average molecular weight is 178 g/mol. The highest BCUT2D eigenvalue weighted by Crippen LogP contribution is 2.15. The third-order valence-corrected chi connectivity index (χ3v) is 2.17. The Labute approximate surface area is 80.1 Å². The van der Waals surface area contributed by atoms with Crippen molar-refractivity contribution in [3.8, 4) is 0 Å². The highest BCUT2D eigenvalue weighted by atomic mass is 14.8. The lowest BCUT2D eigenvalue weighted by Crippen LogP contribution is -2.18. The summed E-state index contributed by atoms with van der Waals surface area (Å²) in [4.78, 5) is 0. The molecule has 1 aromatic rings. The van der Waals surface area contributed by atoms with Crippen LogP contribution in [0.15, 0.2) is 18.2 Å². The summed E-state index contributed by atoms with van der Waals surface area (Å²) in [5, 5.41) is 3.12. The molecule has 1 atom stereocenters. The molecule has 0 saturated carbocycles. The lowest BCUT2D eigenvalue weighted by atomic mass is 10.0. The van der Waals surface area contributed by atoms with Crippen LogP contribution in [0, 0.1) is 6.92 Å². The molecule has 0 spiro atoms. The van der Waals surface area contributed by atoms with Crippen LogP contribution >= 0.6 is 0 Å². The minimum absolute atomic E-state index is 0.235. The van der Waals surface area contributed by atoms with E-state index in [1.165, 1.54) is 11.1 Å². The molecule has 0 aliphatic rings. The fourth-order valence-electron chi connectivity index (χ4n) is 1.43. The van der Waals surface area contributed by atoms with Gasteiger partial charge in [-0.05, 0) is 43.5 Å². The van der Waals surface area contributed by atoms with Crippen molar-refractivity contribution in [3.05, 3.63) is 29.3 Å². The fraction of sp³-hybridized carbons (Fsp3) is 0.455. The molecule has 0 fully saturated rings. The maximum atomic E-state index is 5.75. The van der Waals surface area contributed by atoms with Crippen LogP contribution in [0.3, 0.4) is 0 Å². The molecule has 0 saturated heterocycles. The van der Waals surface area contributed by atoms with Gasteiger partial charge in [0.1, 0.15) is 0 Å². The minimum atomic E-state index is 0.235. The Morgan fingerprint density at radius 1 is 1.46 bits per heavy atom. The van der Waals surface area contributed by atoms with E-state index in [9.17, 15) is 0 Å². The predicted molar refractivity (Wildman–Crippen MR) is 58.1 cm³/mol. The van der Waals surface area contributed by atoms with E-state index in [0.29, 0.717) is 0 Å². The van der Waals surface area contributed by atoms with E-state index in [1.807, 2.05) is 14.0 Å². The van der Waals surface area contributed by atoms with Crippen LogP contribution in [0.25, 0.3) is 0 Å². The number of nitrogens with one attached hydrogen (secondary N) is 1. The first kappa shape index (κ1) is 10.1. The second-order valence-corrected chi connectivity index (χ2v) is 3.57. The number of nitrogens with two attached hydrogens (primary N) is 1. The van der Waals surface area contributed by atoms with Crippen molar-refractivity contribution in [2.45, 2.75) is 26.3 Å². The molecule has 1 unspecified atom stereocenters. The molecule has 0 amide bonds. The summed E-state index contributed by atoms with van der Waals surface area (Å²) in [7, 11) is 1.93. The molecule has 0 radical (unpaired) electrons. The largest absolute Gasteiger partial charge is 0.388 e. The van der Waals surface area contributed by atoms with Gasteiger partial charge in [-0.15, -0.1) is 0 Å². The van der Waals surface area contributed by atoms with Crippen LogP contribution in [0.2, 0.25) is 0 Å². The number of hydrogen-bond donors (Lipinski definition) is 2. The monoisotopic (exact) mass is 178 g/mol. The molecular weight excluding hydrogens is 160 g/mol. The van der Waals surface area contributed by atoms with E-state index < -0.39 is 0 Å². The van der Waals surface area contributed by atoms with Crippen molar-refractivity contribution >= 4 is 5.69 Å². The van der Waals surface area contributed by atoms with E-state index in [1.54, 1.807) is 0 Å². The summed E-state index contributed by atoms with van der Waals surface area (Å²) in [6.07, 6.45) is 0.954. The predicted octanol–water partition coefficient (Wildman–Crippen LogP) is 1.93. The molecule has 1 aromatic carbocycles. The first-order valence-corrected chi connectivity index (χ1v) is 4.66. The smallest absolute Gasteiger partial charge is 0.0340 e. The van der Waals surface area contributed by atoms with Gasteiger partial charge in [0.15, 0.2) is 0 Å². The first-order valence-electron chi connectivity index (χ1n) is 4.66. The van der Waals surface area contributed by atoms with E-state index in [4.69, 9.17) is 5.73 Å². The van der Waals surface area contributed by atoms with Crippen molar-refractivity contribution in [1.82, 2.24) is 0 Å². The SMILES string of the molecule is CNc1ccc(CC(C)N)c(C)c1. The highest BCUT2D eigenvalue weighted by Gasteiger charge is 2.01. The van der Waals surface area contributed by atoms with Crippen molar-refractivity contribution < 1.29 is 0 Å². The maximum Gasteiger partial charge on any atom is 0.0340 e. The van der Waals surface area contributed by atoms with E-state index in [2.05, 4.69) is 30.4 Å². The summed E-state index contributed by atoms with van der Waals surface area (Å²) in [6, 6.07) is 6.62. The molecule has 0 aromatic heterocycles. The van der Waals surface area contributed by atoms with Crippen molar-refractivity contribution in [1.29, 1.82) is 0 Å². The van der Waals surface area contributed by atoms with E-state index in [0.717, 1.165) is 12.1 Å². The summed E-state index contributed by atoms with van der Waals surface area (Å²) in [5.41, 5.74) is 9.56. The quantitative estimate of drug-likeness (QED) is 0.742. The van der Waals surface area contributed by atoms with Gasteiger partial charge < -0.3 is 11.1 Å². The topological polar surface area (TPSA) is 38.0 Å². The van der Waals surface area contributed by atoms with Gasteiger partial charge in [0.2, 0.25) is 0 Å². The summed E-state index contributed by atoms with van der Waals surface area (Å²) < 4.78 is 0. The Bertz CT molecular complexity index is 279. The molecule has 0 aliphatic carbocycles. The zero-order valence-electron chi connectivity index (χ0n) is 8.59. The zero-order chi connectivity index (χ0) is 9.84. The molecule has 1 rings (SSSR count). The summed E-state index contributed by atoms with van der Waals surface area (Å²) in [6.45, 7) is 4.16. The Kier molecular flexibility index (Phi) is 3.32. The van der Waals surface area contributed by atoms with Crippen LogP contribution < -0.4 is 11.1 Å². The highest BCUT2D eigenvalue weighted by molar-refractivity contribution is 5.47. The van der Waals surface area contributed by atoms with Gasteiger partial charge in [-0.3, -0.25) is 0 Å². The Morgan fingerprint density at radius 3 is 2.62 bits per heavy atom. The Morgan fingerprint density at radius 2 is 2.15 bits per heavy atom. The maximum absolute atomic E-state index is 5.75. The Balaban J connectivity index is 2.85. The number of aryl methyl sites for hydroxylation is 1. The van der Waals surface area contributed by atoms with Gasteiger partial charge in [-0.2, -0.15) is 0 Å². The van der Waals surface area contributed by atoms with Crippen LogP contribution in [0.4, 0.5) is 5.69 Å². The standard InChI is InChI=1S/C11H18N2/c1-8-6-11(13-3)5-4-10(8)7-9(2)12/h4-6,9,13H,7,12H2,1-3H3. The second-order valence-electron chi connectivity index (χ2n) is 3.57. The van der Waals surface area contributed by atoms with E-state index in [-0.39, 0.29) is 6.04 Å². The summed E-state index contributed by atoms with van der Waals surface area (Å²) in [5.74, 6) is 0. The molecule has 2 nitrogen and oxygen atoms in total. The molecular formula is C11H18N2. The van der Waals surface area contributed by atoms with Crippen LogP contribution in [0.1, 0.15) is 18.1 Å². The number of anilines is 1. The fourth-order valence-corrected chi connectivity index (χ4v) is 1.43. The average Bonchev–Trinajstić information content (AvgIpc) is 2.08. The molecule has 0 bridgehead atoms. The van der Waals surface area contributed by atoms with Crippen molar-refractivity contribution in [2.24, 2.45) is 5.73 Å². The van der Waals surface area contributed by atoms with Crippen LogP contribution in [-0.2, 0) is 6.42 Å².